The third-order valence-electron chi connectivity index (χ3n) is 4.69. The summed E-state index contributed by atoms with van der Waals surface area (Å²) in [5, 5.41) is 0. The average molecular weight is 548 g/mol. The molecule has 4 nitrogen and oxygen atoms in total. The third-order valence-corrected chi connectivity index (χ3v) is 4.69. The fourth-order valence-corrected chi connectivity index (χ4v) is 3.05. The summed E-state index contributed by atoms with van der Waals surface area (Å²) >= 11 is 0. The van der Waals surface area contributed by atoms with Crippen molar-refractivity contribution in [3.05, 3.63) is 96.8 Å². The van der Waals surface area contributed by atoms with Crippen LogP contribution in [0.15, 0.2) is 85.5 Å². The van der Waals surface area contributed by atoms with E-state index in [1.165, 1.54) is 0 Å². The minimum Gasteiger partial charge on any atom is -0.264 e. The van der Waals surface area contributed by atoms with E-state index in [0.717, 1.165) is 33.9 Å². The molecule has 0 saturated carbocycles. The second-order valence-corrected chi connectivity index (χ2v) is 6.92. The number of nitrogens with zero attached hydrogens (tertiary/aromatic N) is 4. The van der Waals surface area contributed by atoms with Crippen molar-refractivity contribution in [2.24, 2.45) is 0 Å². The van der Waals surface area contributed by atoms with Crippen LogP contribution in [0.25, 0.3) is 22.5 Å². The summed E-state index contributed by atoms with van der Waals surface area (Å²) in [6.07, 6.45) is 7.21. The quantitative estimate of drug-likeness (QED) is 0.364. The van der Waals surface area contributed by atoms with Crippen LogP contribution in [0, 0.1) is 0 Å². The van der Waals surface area contributed by atoms with Crippen molar-refractivity contribution in [3.63, 3.8) is 0 Å². The molecule has 0 aliphatic rings. The topological polar surface area (TPSA) is 51.6 Å². The summed E-state index contributed by atoms with van der Waals surface area (Å²) in [6, 6.07) is 20.1. The van der Waals surface area contributed by atoms with Crippen LogP contribution in [0.5, 0.6) is 0 Å². The van der Waals surface area contributed by atoms with Crippen LogP contribution in [0.2, 0.25) is 0 Å². The van der Waals surface area contributed by atoms with E-state index in [4.69, 9.17) is 9.97 Å². The minimum atomic E-state index is -0.337. The van der Waals surface area contributed by atoms with Crippen molar-refractivity contribution in [2.45, 2.75) is 19.3 Å². The fourth-order valence-electron chi connectivity index (χ4n) is 3.05. The average Bonchev–Trinajstić information content (AvgIpc) is 2.75. The first-order chi connectivity index (χ1) is 13.1. The number of rotatable bonds is 4. The van der Waals surface area contributed by atoms with Gasteiger partial charge in [-0.3, -0.25) is 19.9 Å². The number of hydrogen-bond donors (Lipinski definition) is 0. The Bertz CT molecular complexity index is 965. The van der Waals surface area contributed by atoms with Gasteiger partial charge in [-0.1, -0.05) is 12.1 Å². The fraction of sp³-hybridized carbons (Fsp3) is 0.130. The maximum atomic E-state index is 4.90. The molecule has 0 amide bonds. The van der Waals surface area contributed by atoms with E-state index in [9.17, 15) is 0 Å². The van der Waals surface area contributed by atoms with Gasteiger partial charge in [-0.2, -0.15) is 0 Å². The Hall–Kier alpha value is -2.71. The maximum Gasteiger partial charge on any atom is 0.0721 e. The third kappa shape index (κ3) is 4.07. The molecule has 4 heterocycles. The van der Waals surface area contributed by atoms with Crippen molar-refractivity contribution in [2.75, 3.05) is 0 Å². The van der Waals surface area contributed by atoms with Crippen molar-refractivity contribution in [1.82, 2.24) is 19.9 Å². The molecule has 28 heavy (non-hydrogen) atoms. The summed E-state index contributed by atoms with van der Waals surface area (Å²) in [7, 11) is 0. The van der Waals surface area contributed by atoms with Gasteiger partial charge in [0.15, 0.2) is 0 Å². The second kappa shape index (κ2) is 8.53. The van der Waals surface area contributed by atoms with Crippen molar-refractivity contribution in [3.8, 4) is 22.5 Å². The molecule has 4 aromatic heterocycles. The minimum absolute atomic E-state index is 0. The molecule has 0 aliphatic heterocycles. The van der Waals surface area contributed by atoms with Crippen LogP contribution >= 0.6 is 0 Å². The Morgan fingerprint density at radius 1 is 0.607 bits per heavy atom. The zero-order chi connectivity index (χ0) is 18.7. The van der Waals surface area contributed by atoms with Crippen LogP contribution in [0.3, 0.4) is 0 Å². The van der Waals surface area contributed by atoms with Gasteiger partial charge >= 0.3 is 0 Å². The van der Waals surface area contributed by atoms with Crippen LogP contribution in [-0.2, 0) is 26.5 Å². The molecule has 0 saturated heterocycles. The largest absolute Gasteiger partial charge is 0.264 e. The van der Waals surface area contributed by atoms with Gasteiger partial charge < -0.3 is 0 Å². The molecule has 4 rings (SSSR count). The van der Waals surface area contributed by atoms with E-state index in [1.54, 1.807) is 12.4 Å². The predicted molar refractivity (Wildman–Crippen MR) is 107 cm³/mol. The molecule has 0 radical (unpaired) electrons. The van der Waals surface area contributed by atoms with E-state index >= 15 is 0 Å². The first kappa shape index (κ1) is 20.0. The van der Waals surface area contributed by atoms with E-state index in [1.807, 2.05) is 60.9 Å². The zero-order valence-electron chi connectivity index (χ0n) is 15.7. The van der Waals surface area contributed by atoms with Crippen LogP contribution in [0.1, 0.15) is 25.2 Å². The van der Waals surface area contributed by atoms with Crippen molar-refractivity contribution in [1.29, 1.82) is 0 Å². The summed E-state index contributed by atoms with van der Waals surface area (Å²) < 4.78 is 0. The van der Waals surface area contributed by atoms with Gasteiger partial charge in [0.05, 0.1) is 22.8 Å². The molecule has 0 atom stereocenters. The Kier molecular flexibility index (Phi) is 6.11. The molecule has 0 N–H and O–H groups in total. The molecule has 0 bridgehead atoms. The Labute approximate surface area is 179 Å². The standard InChI is InChI=1S/C23H20N4.Pt/c1-23(2,21-11-3-9-19(26-21)17-7-5-13-24-15-17)22-12-4-10-20(27-22)18-8-6-14-25-16-18;/h3-16H,1-2H3;. The summed E-state index contributed by atoms with van der Waals surface area (Å²) in [4.78, 5) is 18.2. The molecule has 5 heteroatoms. The molecule has 0 unspecified atom stereocenters. The first-order valence-electron chi connectivity index (χ1n) is 8.90. The van der Waals surface area contributed by atoms with E-state index in [2.05, 4.69) is 35.9 Å². The second-order valence-electron chi connectivity index (χ2n) is 6.92. The predicted octanol–water partition coefficient (Wildman–Crippen LogP) is 4.92. The normalized spacial score (nSPS) is 10.9. The molecule has 4 aromatic rings. The smallest absolute Gasteiger partial charge is 0.0721 e. The Morgan fingerprint density at radius 2 is 1.07 bits per heavy atom. The number of hydrogen-bond acceptors (Lipinski definition) is 4. The molecule has 142 valence electrons. The van der Waals surface area contributed by atoms with Gasteiger partial charge in [0.2, 0.25) is 0 Å². The summed E-state index contributed by atoms with van der Waals surface area (Å²) in [6.45, 7) is 4.30. The van der Waals surface area contributed by atoms with Crippen LogP contribution in [-0.4, -0.2) is 19.9 Å². The summed E-state index contributed by atoms with van der Waals surface area (Å²) in [5.74, 6) is 0. The van der Waals surface area contributed by atoms with E-state index < -0.39 is 0 Å². The summed E-state index contributed by atoms with van der Waals surface area (Å²) in [5.41, 5.74) is 5.45. The first-order valence-corrected chi connectivity index (χ1v) is 8.90. The molecule has 0 aromatic carbocycles. The van der Waals surface area contributed by atoms with E-state index in [0.29, 0.717) is 0 Å². The van der Waals surface area contributed by atoms with E-state index in [-0.39, 0.29) is 26.5 Å². The van der Waals surface area contributed by atoms with Gasteiger partial charge in [-0.05, 0) is 62.4 Å². The van der Waals surface area contributed by atoms with Gasteiger partial charge in [-0.25, -0.2) is 0 Å². The molecule has 0 spiro atoms. The Morgan fingerprint density at radius 3 is 1.46 bits per heavy atom. The number of pyridine rings is 4. The molecule has 0 aliphatic carbocycles. The molecular weight excluding hydrogens is 527 g/mol. The Balaban J connectivity index is 0.00000225. The molecule has 0 fully saturated rings. The SMILES string of the molecule is CC(C)(c1cccc(-c2cccnc2)n1)c1cccc(-c2cccnc2)n1.[Pt]. The monoisotopic (exact) mass is 547 g/mol. The van der Waals surface area contributed by atoms with Crippen LogP contribution in [0.4, 0.5) is 0 Å². The van der Waals surface area contributed by atoms with Gasteiger partial charge in [0.1, 0.15) is 0 Å². The number of aromatic nitrogens is 4. The van der Waals surface area contributed by atoms with Crippen molar-refractivity contribution >= 4 is 0 Å². The zero-order valence-corrected chi connectivity index (χ0v) is 18.0. The van der Waals surface area contributed by atoms with Gasteiger partial charge in [-0.15, -0.1) is 0 Å². The molecular formula is C23H20N4Pt. The van der Waals surface area contributed by atoms with Crippen LogP contribution < -0.4 is 0 Å². The van der Waals surface area contributed by atoms with Gasteiger partial charge in [0, 0.05) is 62.4 Å². The van der Waals surface area contributed by atoms with Crippen molar-refractivity contribution < 1.29 is 21.1 Å². The van der Waals surface area contributed by atoms with Gasteiger partial charge in [0.25, 0.3) is 0 Å². The maximum absolute atomic E-state index is 4.90.